The lowest BCUT2D eigenvalue weighted by Gasteiger charge is -2.56. The van der Waals surface area contributed by atoms with Crippen LogP contribution in [0.1, 0.15) is 17.5 Å². The summed E-state index contributed by atoms with van der Waals surface area (Å²) in [5, 5.41) is 0. The van der Waals surface area contributed by atoms with Crippen LogP contribution in [0.25, 0.3) is 0 Å². The molecule has 0 aliphatic carbocycles. The number of nitrogens with zero attached hydrogens (tertiary/aromatic N) is 4. The van der Waals surface area contributed by atoms with E-state index < -0.39 is 11.7 Å². The highest BCUT2D eigenvalue weighted by Crippen LogP contribution is 2.38. The summed E-state index contributed by atoms with van der Waals surface area (Å²) in [6.45, 7) is 1.86. The lowest BCUT2D eigenvalue weighted by molar-refractivity contribution is -0.139. The van der Waals surface area contributed by atoms with Crippen molar-refractivity contribution in [3.05, 3.63) is 53.9 Å². The van der Waals surface area contributed by atoms with Crippen molar-refractivity contribution in [3.63, 3.8) is 0 Å². The SMILES string of the molecule is FC(F)(F)c1ccccc1CN1C2CC1CN(c1ncccn1)C2. The summed E-state index contributed by atoms with van der Waals surface area (Å²) >= 11 is 0. The molecule has 4 heterocycles. The zero-order chi connectivity index (χ0) is 16.7. The maximum atomic E-state index is 13.2. The van der Waals surface area contributed by atoms with Crippen molar-refractivity contribution in [1.29, 1.82) is 0 Å². The van der Waals surface area contributed by atoms with Crippen LogP contribution in [-0.4, -0.2) is 40.0 Å². The van der Waals surface area contributed by atoms with Gasteiger partial charge in [-0.1, -0.05) is 18.2 Å². The second-order valence-electron chi connectivity index (χ2n) is 6.32. The number of piperidine rings is 1. The van der Waals surface area contributed by atoms with Crippen LogP contribution < -0.4 is 4.90 Å². The van der Waals surface area contributed by atoms with Crippen LogP contribution in [0.4, 0.5) is 19.1 Å². The number of piperazine rings is 1. The molecule has 0 N–H and O–H groups in total. The van der Waals surface area contributed by atoms with Crippen LogP contribution in [0.3, 0.4) is 0 Å². The van der Waals surface area contributed by atoms with Gasteiger partial charge in [0.2, 0.25) is 5.95 Å². The van der Waals surface area contributed by atoms with Crippen molar-refractivity contribution in [2.45, 2.75) is 31.2 Å². The average Bonchev–Trinajstić information content (AvgIpc) is 2.60. The van der Waals surface area contributed by atoms with E-state index in [-0.39, 0.29) is 12.1 Å². The van der Waals surface area contributed by atoms with Crippen molar-refractivity contribution in [2.75, 3.05) is 18.0 Å². The monoisotopic (exact) mass is 334 g/mol. The molecule has 0 saturated carbocycles. The lowest BCUT2D eigenvalue weighted by Crippen LogP contribution is -2.68. The molecular weight excluding hydrogens is 317 g/mol. The molecule has 7 heteroatoms. The molecule has 3 fully saturated rings. The molecule has 2 unspecified atom stereocenters. The van der Waals surface area contributed by atoms with Gasteiger partial charge in [-0.25, -0.2) is 9.97 Å². The Hall–Kier alpha value is -2.15. The lowest BCUT2D eigenvalue weighted by atomic mass is 9.86. The number of aromatic nitrogens is 2. The van der Waals surface area contributed by atoms with E-state index in [4.69, 9.17) is 0 Å². The molecule has 2 bridgehead atoms. The van der Waals surface area contributed by atoms with Gasteiger partial charge in [0.15, 0.2) is 0 Å². The number of hydrogen-bond acceptors (Lipinski definition) is 4. The maximum Gasteiger partial charge on any atom is 0.416 e. The molecule has 3 saturated heterocycles. The minimum atomic E-state index is -4.31. The normalized spacial score (nSPS) is 23.9. The van der Waals surface area contributed by atoms with E-state index >= 15 is 0 Å². The Bertz CT molecular complexity index is 707. The van der Waals surface area contributed by atoms with Gasteiger partial charge in [-0.05, 0) is 24.1 Å². The standard InChI is InChI=1S/C17H17F3N4/c18-17(19,20)15-5-2-1-4-12(15)9-24-13-8-14(24)11-23(10-13)16-21-6-3-7-22-16/h1-7,13-14H,8-11H2. The molecule has 0 spiro atoms. The fraction of sp³-hybridized carbons (Fsp3) is 0.412. The zero-order valence-corrected chi connectivity index (χ0v) is 12.9. The number of alkyl halides is 3. The number of rotatable bonds is 3. The van der Waals surface area contributed by atoms with Gasteiger partial charge in [-0.3, -0.25) is 4.90 Å². The Balaban J connectivity index is 1.48. The molecular formula is C17H17F3N4. The molecule has 0 amide bonds. The van der Waals surface area contributed by atoms with Crippen molar-refractivity contribution >= 4 is 5.95 Å². The van der Waals surface area contributed by atoms with Gasteiger partial charge in [-0.15, -0.1) is 0 Å². The van der Waals surface area contributed by atoms with Crippen molar-refractivity contribution in [3.8, 4) is 0 Å². The Morgan fingerprint density at radius 1 is 1.00 bits per heavy atom. The number of hydrogen-bond donors (Lipinski definition) is 0. The van der Waals surface area contributed by atoms with Crippen molar-refractivity contribution < 1.29 is 13.2 Å². The second-order valence-corrected chi connectivity index (χ2v) is 6.32. The molecule has 24 heavy (non-hydrogen) atoms. The molecule has 3 aliphatic rings. The van der Waals surface area contributed by atoms with Gasteiger partial charge in [0.1, 0.15) is 0 Å². The number of benzene rings is 1. The Morgan fingerprint density at radius 2 is 1.67 bits per heavy atom. The van der Waals surface area contributed by atoms with Crippen molar-refractivity contribution in [2.24, 2.45) is 0 Å². The molecule has 2 atom stereocenters. The first-order chi connectivity index (χ1) is 11.5. The highest BCUT2D eigenvalue weighted by molar-refractivity contribution is 5.35. The van der Waals surface area contributed by atoms with Crippen molar-refractivity contribution in [1.82, 2.24) is 14.9 Å². The summed E-state index contributed by atoms with van der Waals surface area (Å²) in [7, 11) is 0. The van der Waals surface area contributed by atoms with Gasteiger partial charge in [0.05, 0.1) is 5.56 Å². The minimum Gasteiger partial charge on any atom is -0.338 e. The van der Waals surface area contributed by atoms with Gasteiger partial charge in [-0.2, -0.15) is 13.2 Å². The van der Waals surface area contributed by atoms with Crippen LogP contribution in [0.5, 0.6) is 0 Å². The second kappa shape index (κ2) is 5.73. The zero-order valence-electron chi connectivity index (χ0n) is 12.9. The summed E-state index contributed by atoms with van der Waals surface area (Å²) in [4.78, 5) is 12.8. The van der Waals surface area contributed by atoms with Gasteiger partial charge in [0, 0.05) is 44.1 Å². The number of anilines is 1. The quantitative estimate of drug-likeness (QED) is 0.864. The first-order valence-corrected chi connectivity index (χ1v) is 7.95. The third-order valence-electron chi connectivity index (χ3n) is 4.86. The molecule has 126 valence electrons. The van der Waals surface area contributed by atoms with Gasteiger partial charge in [0.25, 0.3) is 0 Å². The Morgan fingerprint density at radius 3 is 2.33 bits per heavy atom. The van der Waals surface area contributed by atoms with E-state index in [0.29, 0.717) is 18.1 Å². The van der Waals surface area contributed by atoms with E-state index in [1.807, 2.05) is 0 Å². The third-order valence-corrected chi connectivity index (χ3v) is 4.86. The Kier molecular flexibility index (Phi) is 3.68. The predicted molar refractivity (Wildman–Crippen MR) is 83.4 cm³/mol. The topological polar surface area (TPSA) is 32.3 Å². The Labute approximate surface area is 137 Å². The van der Waals surface area contributed by atoms with E-state index in [1.165, 1.54) is 6.07 Å². The first-order valence-electron chi connectivity index (χ1n) is 7.95. The number of fused-ring (bicyclic) bond motifs is 2. The van der Waals surface area contributed by atoms with E-state index in [2.05, 4.69) is 19.8 Å². The molecule has 0 radical (unpaired) electrons. The largest absolute Gasteiger partial charge is 0.416 e. The third kappa shape index (κ3) is 2.73. The molecule has 1 aromatic heterocycles. The predicted octanol–water partition coefficient (Wildman–Crippen LogP) is 2.96. The highest BCUT2D eigenvalue weighted by atomic mass is 19.4. The minimum absolute atomic E-state index is 0.258. The summed E-state index contributed by atoms with van der Waals surface area (Å²) in [6, 6.07) is 8.14. The molecule has 2 aromatic rings. The molecule has 3 aliphatic heterocycles. The first kappa shape index (κ1) is 15.4. The summed E-state index contributed by atoms with van der Waals surface area (Å²) in [5.41, 5.74) is -0.178. The van der Waals surface area contributed by atoms with Gasteiger partial charge >= 0.3 is 6.18 Å². The molecule has 4 nitrogen and oxygen atoms in total. The molecule has 5 rings (SSSR count). The van der Waals surface area contributed by atoms with E-state index in [9.17, 15) is 13.2 Å². The summed E-state index contributed by atoms with van der Waals surface area (Å²) in [6.07, 6.45) is 0.137. The average molecular weight is 334 g/mol. The fourth-order valence-corrected chi connectivity index (χ4v) is 3.69. The van der Waals surface area contributed by atoms with Crippen LogP contribution in [0.15, 0.2) is 42.7 Å². The smallest absolute Gasteiger partial charge is 0.338 e. The van der Waals surface area contributed by atoms with Crippen LogP contribution in [0, 0.1) is 0 Å². The van der Waals surface area contributed by atoms with Gasteiger partial charge < -0.3 is 4.90 Å². The summed E-state index contributed by atoms with van der Waals surface area (Å²) < 4.78 is 39.5. The van der Waals surface area contributed by atoms with E-state index in [0.717, 1.165) is 25.6 Å². The highest BCUT2D eigenvalue weighted by Gasteiger charge is 2.45. The van der Waals surface area contributed by atoms with Crippen LogP contribution in [-0.2, 0) is 12.7 Å². The molecule has 1 aromatic carbocycles. The maximum absolute atomic E-state index is 13.2. The van der Waals surface area contributed by atoms with Crippen LogP contribution in [0.2, 0.25) is 0 Å². The number of halogens is 3. The summed E-state index contributed by atoms with van der Waals surface area (Å²) in [5.74, 6) is 0.697. The van der Waals surface area contributed by atoms with Crippen LogP contribution >= 0.6 is 0 Å². The fourth-order valence-electron chi connectivity index (χ4n) is 3.69. The van der Waals surface area contributed by atoms with E-state index in [1.54, 1.807) is 30.6 Å².